The summed E-state index contributed by atoms with van der Waals surface area (Å²) in [6, 6.07) is 5.57. The van der Waals surface area contributed by atoms with Crippen LogP contribution in [0, 0.1) is 6.92 Å². The van der Waals surface area contributed by atoms with Crippen LogP contribution in [-0.2, 0) is 0 Å². The van der Waals surface area contributed by atoms with Crippen LogP contribution in [0.15, 0.2) is 18.2 Å². The van der Waals surface area contributed by atoms with E-state index in [1.54, 1.807) is 17.8 Å². The van der Waals surface area contributed by atoms with Crippen molar-refractivity contribution < 1.29 is 4.79 Å². The van der Waals surface area contributed by atoms with Gasteiger partial charge in [-0.1, -0.05) is 36.6 Å². The average molecular weight is 269 g/mol. The number of Topliss-reactive ketones (excluding diaryl/α,β-unsaturated/α-hetero) is 1. The third-order valence-corrected chi connectivity index (χ3v) is 5.03. The van der Waals surface area contributed by atoms with Crippen molar-refractivity contribution in [1.29, 1.82) is 0 Å². The molecule has 1 fully saturated rings. The molecule has 3 heteroatoms. The number of aryl methyl sites for hydroxylation is 1. The van der Waals surface area contributed by atoms with Crippen molar-refractivity contribution in [1.82, 2.24) is 0 Å². The summed E-state index contributed by atoms with van der Waals surface area (Å²) in [6.07, 6.45) is 5.18. The summed E-state index contributed by atoms with van der Waals surface area (Å²) in [5.41, 5.74) is 1.76. The number of thioether (sulfide) groups is 1. The van der Waals surface area contributed by atoms with Gasteiger partial charge in [0, 0.05) is 15.8 Å². The predicted octanol–water partition coefficient (Wildman–Crippen LogP) is 4.51. The molecular weight excluding hydrogens is 252 g/mol. The third kappa shape index (κ3) is 3.49. The van der Waals surface area contributed by atoms with Crippen molar-refractivity contribution in [2.75, 3.05) is 5.75 Å². The summed E-state index contributed by atoms with van der Waals surface area (Å²) >= 11 is 7.83. The van der Waals surface area contributed by atoms with Crippen LogP contribution in [0.2, 0.25) is 5.02 Å². The summed E-state index contributed by atoms with van der Waals surface area (Å²) < 4.78 is 0. The molecule has 0 aromatic heterocycles. The number of halogens is 1. The minimum Gasteiger partial charge on any atom is -0.293 e. The third-order valence-electron chi connectivity index (χ3n) is 3.25. The van der Waals surface area contributed by atoms with Crippen LogP contribution in [0.5, 0.6) is 0 Å². The Morgan fingerprint density at radius 2 is 2.12 bits per heavy atom. The van der Waals surface area contributed by atoms with Crippen LogP contribution in [0.1, 0.15) is 41.6 Å². The highest BCUT2D eigenvalue weighted by molar-refractivity contribution is 8.00. The van der Waals surface area contributed by atoms with Gasteiger partial charge in [0.2, 0.25) is 0 Å². The lowest BCUT2D eigenvalue weighted by Crippen LogP contribution is -2.06. The summed E-state index contributed by atoms with van der Waals surface area (Å²) in [5.74, 6) is 0.785. The largest absolute Gasteiger partial charge is 0.293 e. The second-order valence-corrected chi connectivity index (χ2v) is 6.30. The zero-order valence-electron chi connectivity index (χ0n) is 10.0. The lowest BCUT2D eigenvalue weighted by atomic mass is 10.1. The predicted molar refractivity (Wildman–Crippen MR) is 75.2 cm³/mol. The molecule has 17 heavy (non-hydrogen) atoms. The van der Waals surface area contributed by atoms with Gasteiger partial charge in [-0.15, -0.1) is 0 Å². The fourth-order valence-electron chi connectivity index (χ4n) is 2.10. The second-order valence-electron chi connectivity index (χ2n) is 4.60. The Balaban J connectivity index is 1.92. The first-order chi connectivity index (χ1) is 8.16. The Bertz CT molecular complexity index is 411. The fraction of sp³-hybridized carbons (Fsp3) is 0.500. The van der Waals surface area contributed by atoms with Crippen molar-refractivity contribution in [3.63, 3.8) is 0 Å². The Hall–Kier alpha value is -0.470. The highest BCUT2D eigenvalue weighted by Gasteiger charge is 2.17. The van der Waals surface area contributed by atoms with Crippen LogP contribution in [0.25, 0.3) is 0 Å². The maximum atomic E-state index is 12.0. The highest BCUT2D eigenvalue weighted by atomic mass is 35.5. The minimum atomic E-state index is 0.198. The van der Waals surface area contributed by atoms with E-state index in [4.69, 9.17) is 11.6 Å². The van der Waals surface area contributed by atoms with E-state index >= 15 is 0 Å². The smallest absolute Gasteiger partial charge is 0.172 e. The number of carbonyl (C=O) groups is 1. The number of hydrogen-bond donors (Lipinski definition) is 0. The molecule has 0 bridgehead atoms. The SMILES string of the molecule is Cc1ccc(C(=O)CSC2CCCC2)cc1Cl. The van der Waals surface area contributed by atoms with E-state index in [1.807, 2.05) is 19.1 Å². The summed E-state index contributed by atoms with van der Waals surface area (Å²) in [6.45, 7) is 1.95. The molecular formula is C14H17ClOS. The molecule has 0 unspecified atom stereocenters. The summed E-state index contributed by atoms with van der Waals surface area (Å²) in [5, 5.41) is 1.38. The number of hydrogen-bond acceptors (Lipinski definition) is 2. The molecule has 1 aliphatic rings. The molecule has 0 N–H and O–H groups in total. The Morgan fingerprint density at radius 3 is 2.76 bits per heavy atom. The number of rotatable bonds is 4. The van der Waals surface area contributed by atoms with Crippen LogP contribution < -0.4 is 0 Å². The maximum Gasteiger partial charge on any atom is 0.172 e. The molecule has 0 heterocycles. The van der Waals surface area contributed by atoms with Gasteiger partial charge < -0.3 is 0 Å². The monoisotopic (exact) mass is 268 g/mol. The van der Waals surface area contributed by atoms with Gasteiger partial charge in [0.15, 0.2) is 5.78 Å². The molecule has 2 rings (SSSR count). The van der Waals surface area contributed by atoms with Crippen molar-refractivity contribution in [2.45, 2.75) is 37.9 Å². The number of carbonyl (C=O) groups excluding carboxylic acids is 1. The van der Waals surface area contributed by atoms with Crippen molar-refractivity contribution in [2.24, 2.45) is 0 Å². The van der Waals surface area contributed by atoms with E-state index in [-0.39, 0.29) is 5.78 Å². The molecule has 1 saturated carbocycles. The van der Waals surface area contributed by atoms with Crippen molar-refractivity contribution in [3.8, 4) is 0 Å². The van der Waals surface area contributed by atoms with E-state index in [1.165, 1.54) is 25.7 Å². The van der Waals surface area contributed by atoms with Crippen molar-refractivity contribution in [3.05, 3.63) is 34.3 Å². The Labute approximate surface area is 112 Å². The molecule has 1 aromatic rings. The molecule has 0 saturated heterocycles. The van der Waals surface area contributed by atoms with E-state index in [0.717, 1.165) is 11.1 Å². The summed E-state index contributed by atoms with van der Waals surface area (Å²) in [4.78, 5) is 12.0. The molecule has 0 spiro atoms. The summed E-state index contributed by atoms with van der Waals surface area (Å²) in [7, 11) is 0. The number of ketones is 1. The van der Waals surface area contributed by atoms with Crippen LogP contribution >= 0.6 is 23.4 Å². The lowest BCUT2D eigenvalue weighted by Gasteiger charge is -2.08. The first kappa shape index (κ1) is 13.0. The minimum absolute atomic E-state index is 0.198. The quantitative estimate of drug-likeness (QED) is 0.748. The zero-order valence-corrected chi connectivity index (χ0v) is 11.6. The van der Waals surface area contributed by atoms with Crippen LogP contribution in [0.3, 0.4) is 0 Å². The van der Waals surface area contributed by atoms with Crippen LogP contribution in [0.4, 0.5) is 0 Å². The molecule has 1 aliphatic carbocycles. The van der Waals surface area contributed by atoms with E-state index in [0.29, 0.717) is 16.0 Å². The van der Waals surface area contributed by atoms with Gasteiger partial charge in [-0.2, -0.15) is 11.8 Å². The molecule has 0 atom stereocenters. The molecule has 92 valence electrons. The zero-order chi connectivity index (χ0) is 12.3. The van der Waals surface area contributed by atoms with Gasteiger partial charge in [0.25, 0.3) is 0 Å². The van der Waals surface area contributed by atoms with Gasteiger partial charge in [-0.3, -0.25) is 4.79 Å². The lowest BCUT2D eigenvalue weighted by molar-refractivity contribution is 0.102. The first-order valence-corrected chi connectivity index (χ1v) is 7.50. The van der Waals surface area contributed by atoms with Gasteiger partial charge in [0.1, 0.15) is 0 Å². The Kier molecular flexibility index (Phi) is 4.52. The fourth-order valence-corrected chi connectivity index (χ4v) is 3.50. The molecule has 1 nitrogen and oxygen atoms in total. The first-order valence-electron chi connectivity index (χ1n) is 6.08. The second kappa shape index (κ2) is 5.92. The normalized spacial score (nSPS) is 16.4. The van der Waals surface area contributed by atoms with Crippen LogP contribution in [-0.4, -0.2) is 16.8 Å². The molecule has 1 aromatic carbocycles. The van der Waals surface area contributed by atoms with Crippen molar-refractivity contribution >= 4 is 29.1 Å². The topological polar surface area (TPSA) is 17.1 Å². The van der Waals surface area contributed by atoms with E-state index in [9.17, 15) is 4.79 Å². The van der Waals surface area contributed by atoms with Gasteiger partial charge in [-0.25, -0.2) is 0 Å². The van der Waals surface area contributed by atoms with Gasteiger partial charge >= 0.3 is 0 Å². The average Bonchev–Trinajstić information content (AvgIpc) is 2.82. The Morgan fingerprint density at radius 1 is 1.41 bits per heavy atom. The van der Waals surface area contributed by atoms with E-state index < -0.39 is 0 Å². The van der Waals surface area contributed by atoms with Gasteiger partial charge in [0.05, 0.1) is 5.75 Å². The molecule has 0 radical (unpaired) electrons. The van der Waals surface area contributed by atoms with E-state index in [2.05, 4.69) is 0 Å². The highest BCUT2D eigenvalue weighted by Crippen LogP contribution is 2.30. The van der Waals surface area contributed by atoms with Gasteiger partial charge in [-0.05, 0) is 31.4 Å². The maximum absolute atomic E-state index is 12.0. The molecule has 0 aliphatic heterocycles. The molecule has 0 amide bonds. The number of benzene rings is 1. The standard InChI is InChI=1S/C14H17ClOS/c1-10-6-7-11(8-13(10)15)14(16)9-17-12-4-2-3-5-12/h6-8,12H,2-5,9H2,1H3.